The van der Waals surface area contributed by atoms with E-state index in [9.17, 15) is 4.79 Å². The van der Waals surface area contributed by atoms with E-state index in [0.29, 0.717) is 17.2 Å². The molecule has 0 aliphatic heterocycles. The van der Waals surface area contributed by atoms with Crippen LogP contribution in [0, 0.1) is 6.92 Å². The van der Waals surface area contributed by atoms with Gasteiger partial charge in [-0.15, -0.1) is 0 Å². The number of rotatable bonds is 5. The number of benzene rings is 1. The van der Waals surface area contributed by atoms with Gasteiger partial charge in [-0.3, -0.25) is 0 Å². The molecule has 128 valence electrons. The highest BCUT2D eigenvalue weighted by molar-refractivity contribution is 5.76. The van der Waals surface area contributed by atoms with Gasteiger partial charge in [-0.25, -0.2) is 0 Å². The molecule has 2 rings (SSSR count). The van der Waals surface area contributed by atoms with Crippen LogP contribution in [0.15, 0.2) is 23.0 Å². The number of aromatic nitrogens is 2. The highest BCUT2D eigenvalue weighted by atomic mass is 16.5. The minimum Gasteiger partial charge on any atom is -0.496 e. The summed E-state index contributed by atoms with van der Waals surface area (Å²) in [5, 5.41) is 0. The van der Waals surface area contributed by atoms with Crippen LogP contribution < -0.4 is 24.5 Å². The lowest BCUT2D eigenvalue weighted by atomic mass is 10.1. The smallest absolute Gasteiger partial charge is 0.496 e. The molecule has 2 aromatic rings. The van der Waals surface area contributed by atoms with Gasteiger partial charge in [0.15, 0.2) is 11.5 Å². The lowest BCUT2D eigenvalue weighted by Crippen LogP contribution is -2.53. The Morgan fingerprint density at radius 3 is 2.25 bits per heavy atom. The largest absolute Gasteiger partial charge is 0.498 e. The Bertz CT molecular complexity index is 838. The van der Waals surface area contributed by atoms with Crippen LogP contribution in [0.5, 0.6) is 17.2 Å². The second kappa shape index (κ2) is 7.21. The van der Waals surface area contributed by atoms with Gasteiger partial charge in [0.05, 0.1) is 41.0 Å². The number of ether oxygens (including phenoxy) is 3. The summed E-state index contributed by atoms with van der Waals surface area (Å²) in [7, 11) is 8.25. The number of aryl methyl sites for hydroxylation is 1. The van der Waals surface area contributed by atoms with Crippen LogP contribution in [0.1, 0.15) is 17.0 Å². The average Bonchev–Trinajstić information content (AvgIpc) is 2.60. The minimum absolute atomic E-state index is 0.0841. The summed E-state index contributed by atoms with van der Waals surface area (Å²) in [6, 6.07) is 5.55. The van der Waals surface area contributed by atoms with Crippen molar-refractivity contribution in [2.45, 2.75) is 6.92 Å². The van der Waals surface area contributed by atoms with Gasteiger partial charge in [-0.1, -0.05) is 0 Å². The van der Waals surface area contributed by atoms with Crippen LogP contribution in [0.3, 0.4) is 0 Å². The summed E-state index contributed by atoms with van der Waals surface area (Å²) in [5.74, 6) is 1.85. The van der Waals surface area contributed by atoms with Crippen molar-refractivity contribution in [3.63, 3.8) is 0 Å². The first-order valence-electron chi connectivity index (χ1n) is 7.48. The molecule has 0 aliphatic carbocycles. The fourth-order valence-electron chi connectivity index (χ4n) is 2.49. The van der Waals surface area contributed by atoms with Gasteiger partial charge in [0.25, 0.3) is 0 Å². The van der Waals surface area contributed by atoms with Crippen molar-refractivity contribution in [2.75, 3.05) is 21.3 Å². The zero-order valence-electron chi connectivity index (χ0n) is 14.9. The highest BCUT2D eigenvalue weighted by Crippen LogP contribution is 2.38. The van der Waals surface area contributed by atoms with Crippen molar-refractivity contribution in [3.8, 4) is 17.2 Å². The molecule has 1 heterocycles. The minimum atomic E-state index is -0.0841. The normalized spacial score (nSPS) is 10.9. The fraction of sp³-hybridized carbons (Fsp3) is 0.333. The van der Waals surface area contributed by atoms with Crippen molar-refractivity contribution in [2.24, 2.45) is 14.1 Å². The van der Waals surface area contributed by atoms with E-state index in [1.54, 1.807) is 50.6 Å². The predicted octanol–water partition coefficient (Wildman–Crippen LogP) is 1.71. The molecule has 1 aromatic carbocycles. The van der Waals surface area contributed by atoms with Crippen LogP contribution in [-0.4, -0.2) is 25.9 Å². The zero-order valence-corrected chi connectivity index (χ0v) is 14.9. The van der Waals surface area contributed by atoms with E-state index >= 15 is 0 Å². The summed E-state index contributed by atoms with van der Waals surface area (Å²) in [5.41, 5.74) is 2.32. The summed E-state index contributed by atoms with van der Waals surface area (Å²) in [4.78, 5) is 12.2. The summed E-state index contributed by atoms with van der Waals surface area (Å²) in [6.07, 6.45) is 3.71. The van der Waals surface area contributed by atoms with Crippen LogP contribution in [0.4, 0.5) is 0 Å². The molecule has 6 heteroatoms. The SMILES string of the molecule is COc1ccc(OC)c(OC)c1/C=C/c1cc(C)n(C)c(=O)[n+]1C. The van der Waals surface area contributed by atoms with Gasteiger partial charge in [-0.2, -0.15) is 13.9 Å². The number of methoxy groups -OCH3 is 3. The van der Waals surface area contributed by atoms with Gasteiger partial charge < -0.3 is 14.2 Å². The third-order valence-corrected chi connectivity index (χ3v) is 4.03. The summed E-state index contributed by atoms with van der Waals surface area (Å²) < 4.78 is 19.4. The first-order chi connectivity index (χ1) is 11.4. The van der Waals surface area contributed by atoms with E-state index in [1.807, 2.05) is 31.2 Å². The Balaban J connectivity index is 2.59. The van der Waals surface area contributed by atoms with E-state index in [2.05, 4.69) is 0 Å². The maximum absolute atomic E-state index is 12.2. The summed E-state index contributed by atoms with van der Waals surface area (Å²) in [6.45, 7) is 1.89. The molecule has 0 amide bonds. The van der Waals surface area contributed by atoms with Crippen LogP contribution in [0.2, 0.25) is 0 Å². The quantitative estimate of drug-likeness (QED) is 0.783. The topological polar surface area (TPSA) is 53.6 Å². The summed E-state index contributed by atoms with van der Waals surface area (Å²) >= 11 is 0. The van der Waals surface area contributed by atoms with Crippen LogP contribution >= 0.6 is 0 Å². The number of hydrogen-bond donors (Lipinski definition) is 0. The monoisotopic (exact) mass is 331 g/mol. The average molecular weight is 331 g/mol. The lowest BCUT2D eigenvalue weighted by Gasteiger charge is -2.13. The van der Waals surface area contributed by atoms with Crippen molar-refractivity contribution in [3.05, 3.63) is 45.6 Å². The molecule has 0 N–H and O–H groups in total. The predicted molar refractivity (Wildman–Crippen MR) is 92.6 cm³/mol. The van der Waals surface area contributed by atoms with E-state index in [-0.39, 0.29) is 5.69 Å². The molecule has 0 saturated heterocycles. The molecule has 6 nitrogen and oxygen atoms in total. The molecule has 0 radical (unpaired) electrons. The maximum atomic E-state index is 12.2. The molecule has 0 spiro atoms. The molecule has 0 bridgehead atoms. The highest BCUT2D eigenvalue weighted by Gasteiger charge is 2.15. The molecule has 1 aromatic heterocycles. The third kappa shape index (κ3) is 3.13. The molecular formula is C18H23N2O4+. The standard InChI is InChI=1S/C18H23N2O4/c1-12-11-13(20(3)18(21)19(12)2)7-8-14-15(22-4)9-10-16(23-5)17(14)24-6/h7-11H,1-6H3/q+1/b8-7+. The van der Waals surface area contributed by atoms with Crippen molar-refractivity contribution >= 4 is 12.2 Å². The van der Waals surface area contributed by atoms with Crippen LogP contribution in [0.25, 0.3) is 12.2 Å². The van der Waals surface area contributed by atoms with Gasteiger partial charge in [-0.05, 0) is 31.2 Å². The third-order valence-electron chi connectivity index (χ3n) is 4.03. The van der Waals surface area contributed by atoms with Crippen LogP contribution in [-0.2, 0) is 14.1 Å². The molecule has 0 saturated carbocycles. The Labute approximate surface area is 141 Å². The van der Waals surface area contributed by atoms with Crippen molar-refractivity contribution < 1.29 is 18.8 Å². The van der Waals surface area contributed by atoms with E-state index < -0.39 is 0 Å². The molecule has 0 unspecified atom stereocenters. The van der Waals surface area contributed by atoms with E-state index in [4.69, 9.17) is 14.2 Å². The van der Waals surface area contributed by atoms with Gasteiger partial charge in [0.1, 0.15) is 17.1 Å². The second-order valence-corrected chi connectivity index (χ2v) is 5.36. The van der Waals surface area contributed by atoms with E-state index in [0.717, 1.165) is 17.0 Å². The van der Waals surface area contributed by atoms with Crippen molar-refractivity contribution in [1.82, 2.24) is 4.57 Å². The fourth-order valence-corrected chi connectivity index (χ4v) is 2.49. The molecule has 24 heavy (non-hydrogen) atoms. The lowest BCUT2D eigenvalue weighted by molar-refractivity contribution is -0.692. The molecule has 0 atom stereocenters. The first-order valence-corrected chi connectivity index (χ1v) is 7.48. The second-order valence-electron chi connectivity index (χ2n) is 5.36. The Hall–Kier alpha value is -2.76. The van der Waals surface area contributed by atoms with Gasteiger partial charge in [0.2, 0.25) is 0 Å². The molecule has 0 aliphatic rings. The van der Waals surface area contributed by atoms with Gasteiger partial charge >= 0.3 is 5.69 Å². The van der Waals surface area contributed by atoms with E-state index in [1.165, 1.54) is 0 Å². The zero-order chi connectivity index (χ0) is 17.9. The molecular weight excluding hydrogens is 308 g/mol. The number of nitrogens with zero attached hydrogens (tertiary/aromatic N) is 2. The van der Waals surface area contributed by atoms with Crippen molar-refractivity contribution in [1.29, 1.82) is 0 Å². The number of hydrogen-bond acceptors (Lipinski definition) is 4. The Morgan fingerprint density at radius 2 is 1.67 bits per heavy atom. The Kier molecular flexibility index (Phi) is 5.28. The first kappa shape index (κ1) is 17.6. The Morgan fingerprint density at radius 1 is 1.04 bits per heavy atom. The van der Waals surface area contributed by atoms with Gasteiger partial charge in [0, 0.05) is 6.07 Å². The maximum Gasteiger partial charge on any atom is 0.498 e. The molecule has 0 fully saturated rings.